The van der Waals surface area contributed by atoms with Gasteiger partial charge in [-0.25, -0.2) is 4.68 Å². The van der Waals surface area contributed by atoms with Crippen LogP contribution in [0.2, 0.25) is 0 Å². The van der Waals surface area contributed by atoms with Crippen LogP contribution in [-0.4, -0.2) is 15.0 Å². The van der Waals surface area contributed by atoms with Gasteiger partial charge >= 0.3 is 0 Å². The van der Waals surface area contributed by atoms with Gasteiger partial charge in [0.25, 0.3) is 0 Å². The first-order chi connectivity index (χ1) is 17.4. The highest BCUT2D eigenvalue weighted by molar-refractivity contribution is 5.84. The van der Waals surface area contributed by atoms with Crippen LogP contribution >= 0.6 is 0 Å². The first-order valence-corrected chi connectivity index (χ1v) is 13.0. The van der Waals surface area contributed by atoms with Gasteiger partial charge in [-0.05, 0) is 51.1 Å². The first kappa shape index (κ1) is 20.5. The number of rotatable bonds is 2. The van der Waals surface area contributed by atoms with Crippen molar-refractivity contribution in [1.82, 2.24) is 15.0 Å². The van der Waals surface area contributed by atoms with Crippen molar-refractivity contribution in [2.24, 2.45) is 5.41 Å². The fourth-order valence-corrected chi connectivity index (χ4v) is 8.98. The maximum Gasteiger partial charge on any atom is 0.113 e. The molecule has 3 nitrogen and oxygen atoms in total. The van der Waals surface area contributed by atoms with E-state index in [0.29, 0.717) is 0 Å². The lowest BCUT2D eigenvalue weighted by atomic mass is 9.52. The number of benzene rings is 4. The predicted octanol–water partition coefficient (Wildman–Crippen LogP) is 6.74. The van der Waals surface area contributed by atoms with Crippen molar-refractivity contribution in [3.63, 3.8) is 0 Å². The molecule has 0 bridgehead atoms. The summed E-state index contributed by atoms with van der Waals surface area (Å²) in [5, 5.41) is 9.29. The second kappa shape index (κ2) is 6.15. The molecular formula is C33H29N3. The number of fused-ring (bicyclic) bond motifs is 10. The van der Waals surface area contributed by atoms with Gasteiger partial charge in [0.15, 0.2) is 0 Å². The van der Waals surface area contributed by atoms with Crippen LogP contribution in [0.15, 0.2) is 91.0 Å². The standard InChI is InChI=1S/C33H29N3/c1-30-22-14-8-10-16-24(22)31(2)26-18-28-29(36(35-34-28)20-21-12-6-5-7-13-21)19-27(26)32(3,33(30,31)4)25-17-11-9-15-23(25)30/h5-19H,20H2,1-4H3/t30-,31+,32-,33+/m0/s1. The van der Waals surface area contributed by atoms with Crippen molar-refractivity contribution in [2.75, 3.05) is 0 Å². The predicted molar refractivity (Wildman–Crippen MR) is 143 cm³/mol. The fourth-order valence-electron chi connectivity index (χ4n) is 8.98. The van der Waals surface area contributed by atoms with E-state index in [9.17, 15) is 0 Å². The average Bonchev–Trinajstić information content (AvgIpc) is 3.48. The molecule has 176 valence electrons. The molecule has 0 fully saturated rings. The highest BCUT2D eigenvalue weighted by Crippen LogP contribution is 2.82. The number of aromatic nitrogens is 3. The summed E-state index contributed by atoms with van der Waals surface area (Å²) in [6.45, 7) is 10.8. The van der Waals surface area contributed by atoms with Crippen LogP contribution in [0.4, 0.5) is 0 Å². The smallest absolute Gasteiger partial charge is 0.113 e. The van der Waals surface area contributed by atoms with Crippen LogP contribution in [0.1, 0.15) is 66.6 Å². The normalized spacial score (nSPS) is 30.8. The molecule has 0 unspecified atom stereocenters. The lowest BCUT2D eigenvalue weighted by Gasteiger charge is -2.49. The van der Waals surface area contributed by atoms with Crippen LogP contribution in [-0.2, 0) is 22.8 Å². The van der Waals surface area contributed by atoms with Crippen molar-refractivity contribution in [2.45, 2.75) is 50.5 Å². The van der Waals surface area contributed by atoms with Crippen molar-refractivity contribution in [1.29, 1.82) is 0 Å². The number of hydrogen-bond acceptors (Lipinski definition) is 2. The fraction of sp³-hybridized carbons (Fsp3) is 0.273. The van der Waals surface area contributed by atoms with E-state index < -0.39 is 0 Å². The highest BCUT2D eigenvalue weighted by atomic mass is 15.4. The SMILES string of the molecule is C[C@@]12c3ccccc3[C@@]3(C)c4cc5c(cc4[C@@](C)(c4ccccc41)[C@@]23C)nnn5Cc1ccccc1. The molecular weight excluding hydrogens is 438 g/mol. The van der Waals surface area contributed by atoms with E-state index in [4.69, 9.17) is 0 Å². The third kappa shape index (κ3) is 1.86. The van der Waals surface area contributed by atoms with Crippen molar-refractivity contribution in [3.05, 3.63) is 130 Å². The van der Waals surface area contributed by atoms with Crippen molar-refractivity contribution < 1.29 is 0 Å². The molecule has 0 saturated heterocycles. The third-order valence-corrected chi connectivity index (χ3v) is 10.9. The summed E-state index contributed by atoms with van der Waals surface area (Å²) in [6.07, 6.45) is 0. The Hall–Kier alpha value is -3.72. The molecule has 3 aliphatic rings. The molecule has 3 heteroatoms. The van der Waals surface area contributed by atoms with E-state index in [1.54, 1.807) is 0 Å². The molecule has 0 radical (unpaired) electrons. The van der Waals surface area contributed by atoms with Crippen LogP contribution in [0, 0.1) is 5.41 Å². The summed E-state index contributed by atoms with van der Waals surface area (Å²) in [5.74, 6) is 0. The third-order valence-electron chi connectivity index (χ3n) is 10.9. The zero-order valence-corrected chi connectivity index (χ0v) is 21.2. The lowest BCUT2D eigenvalue weighted by molar-refractivity contribution is 0.0997. The molecule has 36 heavy (non-hydrogen) atoms. The zero-order valence-electron chi connectivity index (χ0n) is 21.2. The summed E-state index contributed by atoms with van der Waals surface area (Å²) in [7, 11) is 0. The second-order valence-electron chi connectivity index (χ2n) is 11.7. The van der Waals surface area contributed by atoms with Gasteiger partial charge in [0, 0.05) is 21.7 Å². The Morgan fingerprint density at radius 1 is 0.583 bits per heavy atom. The summed E-state index contributed by atoms with van der Waals surface area (Å²) < 4.78 is 2.07. The Balaban J connectivity index is 1.48. The van der Waals surface area contributed by atoms with Gasteiger partial charge in [0.2, 0.25) is 0 Å². The van der Waals surface area contributed by atoms with E-state index >= 15 is 0 Å². The second-order valence-corrected chi connectivity index (χ2v) is 11.7. The van der Waals surface area contributed by atoms with Gasteiger partial charge in [-0.2, -0.15) is 0 Å². The Kier molecular flexibility index (Phi) is 3.50. The largest absolute Gasteiger partial charge is 0.240 e. The zero-order chi connectivity index (χ0) is 24.5. The van der Waals surface area contributed by atoms with Crippen LogP contribution in [0.3, 0.4) is 0 Å². The minimum atomic E-state index is -0.141. The molecule has 3 aliphatic carbocycles. The molecule has 0 aliphatic heterocycles. The van der Waals surface area contributed by atoms with Gasteiger partial charge in [0.1, 0.15) is 5.52 Å². The molecule has 8 rings (SSSR count). The molecule has 0 amide bonds. The quantitative estimate of drug-likeness (QED) is 0.288. The van der Waals surface area contributed by atoms with Gasteiger partial charge < -0.3 is 0 Å². The minimum absolute atomic E-state index is 0.0563. The minimum Gasteiger partial charge on any atom is -0.240 e. The topological polar surface area (TPSA) is 30.7 Å². The maximum absolute atomic E-state index is 4.68. The van der Waals surface area contributed by atoms with E-state index in [1.165, 1.54) is 38.9 Å². The first-order valence-electron chi connectivity index (χ1n) is 13.0. The van der Waals surface area contributed by atoms with Crippen LogP contribution < -0.4 is 0 Å². The molecule has 0 N–H and O–H groups in total. The highest BCUT2D eigenvalue weighted by Gasteiger charge is 2.79. The van der Waals surface area contributed by atoms with Gasteiger partial charge in [-0.15, -0.1) is 5.10 Å². The van der Waals surface area contributed by atoms with E-state index in [2.05, 4.69) is 134 Å². The van der Waals surface area contributed by atoms with Crippen molar-refractivity contribution in [3.8, 4) is 0 Å². The lowest BCUT2D eigenvalue weighted by Crippen LogP contribution is -2.51. The number of nitrogens with zero attached hydrogens (tertiary/aromatic N) is 3. The molecule has 1 heterocycles. The summed E-state index contributed by atoms with van der Waals surface area (Å²) in [6, 6.07) is 33.7. The van der Waals surface area contributed by atoms with Gasteiger partial charge in [0.05, 0.1) is 12.1 Å². The number of hydrogen-bond donors (Lipinski definition) is 0. The Morgan fingerprint density at radius 2 is 1.06 bits per heavy atom. The monoisotopic (exact) mass is 467 g/mol. The summed E-state index contributed by atoms with van der Waals surface area (Å²) in [5.41, 5.74) is 11.6. The Morgan fingerprint density at radius 3 is 1.61 bits per heavy atom. The summed E-state index contributed by atoms with van der Waals surface area (Å²) >= 11 is 0. The average molecular weight is 468 g/mol. The molecule has 1 aromatic heterocycles. The Labute approximate surface area is 211 Å². The van der Waals surface area contributed by atoms with E-state index in [1.807, 2.05) is 0 Å². The molecule has 4 atom stereocenters. The van der Waals surface area contributed by atoms with Gasteiger partial charge in [-0.3, -0.25) is 0 Å². The summed E-state index contributed by atoms with van der Waals surface area (Å²) in [4.78, 5) is 0. The Bertz CT molecular complexity index is 1730. The van der Waals surface area contributed by atoms with Crippen LogP contribution in [0.25, 0.3) is 11.0 Å². The molecule has 4 aromatic carbocycles. The van der Waals surface area contributed by atoms with Crippen LogP contribution in [0.5, 0.6) is 0 Å². The molecule has 0 saturated carbocycles. The van der Waals surface area contributed by atoms with Crippen molar-refractivity contribution >= 4 is 11.0 Å². The van der Waals surface area contributed by atoms with Gasteiger partial charge in [-0.1, -0.05) is 112 Å². The molecule has 0 spiro atoms. The van der Waals surface area contributed by atoms with E-state index in [-0.39, 0.29) is 21.7 Å². The maximum atomic E-state index is 4.68. The van der Waals surface area contributed by atoms with E-state index in [0.717, 1.165) is 17.6 Å². The molecule has 5 aromatic rings.